The van der Waals surface area contributed by atoms with E-state index in [4.69, 9.17) is 10.8 Å². The summed E-state index contributed by atoms with van der Waals surface area (Å²) in [7, 11) is 0. The number of nitrogens with zero attached hydrogens (tertiary/aromatic N) is 1. The lowest BCUT2D eigenvalue weighted by atomic mass is 10.1. The number of rotatable bonds is 4. The Balaban J connectivity index is 2.89. The number of halogens is 3. The van der Waals surface area contributed by atoms with E-state index >= 15 is 0 Å². The molecule has 0 aliphatic carbocycles. The van der Waals surface area contributed by atoms with Crippen LogP contribution in [-0.2, 0) is 4.79 Å². The molecule has 1 rings (SSSR count). The van der Waals surface area contributed by atoms with E-state index in [1.807, 2.05) is 5.32 Å². The predicted molar refractivity (Wildman–Crippen MR) is 53.3 cm³/mol. The Labute approximate surface area is 94.5 Å². The van der Waals surface area contributed by atoms with Gasteiger partial charge in [-0.25, -0.2) is 4.98 Å². The number of carboxylic acids is 1. The molecule has 8 heteroatoms. The molecule has 0 saturated heterocycles. The monoisotopic (exact) mass is 249 g/mol. The Kier molecular flexibility index (Phi) is 3.89. The van der Waals surface area contributed by atoms with Crippen LogP contribution >= 0.6 is 0 Å². The van der Waals surface area contributed by atoms with Crippen LogP contribution in [-0.4, -0.2) is 34.3 Å². The maximum Gasteiger partial charge on any atom is 0.410 e. The SMILES string of the molecule is N[C@@H](C(=O)O)[C@@H](Nc1ccccn1)C(F)(F)F. The maximum atomic E-state index is 12.6. The van der Waals surface area contributed by atoms with Crippen LogP contribution < -0.4 is 11.1 Å². The number of alkyl halides is 3. The number of anilines is 1. The van der Waals surface area contributed by atoms with Crippen molar-refractivity contribution in [2.45, 2.75) is 18.3 Å². The Morgan fingerprint density at radius 2 is 2.12 bits per heavy atom. The average molecular weight is 249 g/mol. The highest BCUT2D eigenvalue weighted by Crippen LogP contribution is 2.24. The van der Waals surface area contributed by atoms with Crippen LogP contribution in [0.5, 0.6) is 0 Å². The molecule has 0 spiro atoms. The lowest BCUT2D eigenvalue weighted by Crippen LogP contribution is -2.54. The van der Waals surface area contributed by atoms with Crippen molar-refractivity contribution in [3.8, 4) is 0 Å². The lowest BCUT2D eigenvalue weighted by molar-refractivity contribution is -0.161. The number of hydrogen-bond acceptors (Lipinski definition) is 4. The summed E-state index contributed by atoms with van der Waals surface area (Å²) in [4.78, 5) is 14.1. The van der Waals surface area contributed by atoms with E-state index in [1.54, 1.807) is 0 Å². The number of aliphatic carboxylic acids is 1. The molecule has 0 radical (unpaired) electrons. The first kappa shape index (κ1) is 13.2. The summed E-state index contributed by atoms with van der Waals surface area (Å²) in [6.07, 6.45) is -3.50. The largest absolute Gasteiger partial charge is 0.480 e. The Morgan fingerprint density at radius 3 is 2.53 bits per heavy atom. The second kappa shape index (κ2) is 5.00. The summed E-state index contributed by atoms with van der Waals surface area (Å²) in [6, 6.07) is -0.223. The van der Waals surface area contributed by atoms with Crippen LogP contribution in [0.2, 0.25) is 0 Å². The van der Waals surface area contributed by atoms with Gasteiger partial charge in [-0.1, -0.05) is 6.07 Å². The fraction of sp³-hybridized carbons (Fsp3) is 0.333. The molecule has 2 atom stereocenters. The molecule has 1 aromatic heterocycles. The van der Waals surface area contributed by atoms with Gasteiger partial charge in [0.1, 0.15) is 17.9 Å². The number of aromatic nitrogens is 1. The smallest absolute Gasteiger partial charge is 0.410 e. The van der Waals surface area contributed by atoms with Gasteiger partial charge in [-0.3, -0.25) is 4.79 Å². The number of carboxylic acid groups (broad SMARTS) is 1. The number of hydrogen-bond donors (Lipinski definition) is 3. The minimum absolute atomic E-state index is 0.0912. The molecule has 4 N–H and O–H groups in total. The van der Waals surface area contributed by atoms with Gasteiger partial charge in [0.05, 0.1) is 0 Å². The minimum Gasteiger partial charge on any atom is -0.480 e. The molecule has 0 aromatic carbocycles. The van der Waals surface area contributed by atoms with Crippen molar-refractivity contribution < 1.29 is 23.1 Å². The van der Waals surface area contributed by atoms with Crippen molar-refractivity contribution >= 4 is 11.8 Å². The molecule has 1 heterocycles. The van der Waals surface area contributed by atoms with Crippen LogP contribution in [0.1, 0.15) is 0 Å². The molecule has 0 saturated carbocycles. The summed E-state index contributed by atoms with van der Waals surface area (Å²) < 4.78 is 37.7. The molecular formula is C9H10F3N3O2. The second-order valence-electron chi connectivity index (χ2n) is 3.24. The van der Waals surface area contributed by atoms with Gasteiger partial charge >= 0.3 is 12.1 Å². The van der Waals surface area contributed by atoms with Crippen molar-refractivity contribution in [2.24, 2.45) is 5.73 Å². The van der Waals surface area contributed by atoms with E-state index in [2.05, 4.69) is 4.98 Å². The van der Waals surface area contributed by atoms with E-state index in [0.717, 1.165) is 0 Å². The van der Waals surface area contributed by atoms with Gasteiger partial charge in [0.25, 0.3) is 0 Å². The zero-order chi connectivity index (χ0) is 13.1. The van der Waals surface area contributed by atoms with Gasteiger partial charge in [-0.2, -0.15) is 13.2 Å². The topological polar surface area (TPSA) is 88.2 Å². The molecule has 0 aliphatic rings. The molecule has 1 aromatic rings. The van der Waals surface area contributed by atoms with Gasteiger partial charge in [0.2, 0.25) is 0 Å². The molecular weight excluding hydrogens is 239 g/mol. The summed E-state index contributed by atoms with van der Waals surface area (Å²) in [5, 5.41) is 10.5. The molecule has 0 aliphatic heterocycles. The maximum absolute atomic E-state index is 12.6. The number of pyridine rings is 1. The first-order valence-corrected chi connectivity index (χ1v) is 4.55. The van der Waals surface area contributed by atoms with Crippen LogP contribution in [0.4, 0.5) is 19.0 Å². The molecule has 5 nitrogen and oxygen atoms in total. The van der Waals surface area contributed by atoms with Crippen LogP contribution in [0.25, 0.3) is 0 Å². The van der Waals surface area contributed by atoms with Crippen molar-refractivity contribution in [2.75, 3.05) is 5.32 Å². The van der Waals surface area contributed by atoms with Gasteiger partial charge in [-0.05, 0) is 12.1 Å². The van der Waals surface area contributed by atoms with Crippen molar-refractivity contribution in [3.05, 3.63) is 24.4 Å². The summed E-state index contributed by atoms with van der Waals surface area (Å²) >= 11 is 0. The van der Waals surface area contributed by atoms with E-state index < -0.39 is 24.2 Å². The molecule has 0 bridgehead atoms. The van der Waals surface area contributed by atoms with Crippen LogP contribution in [0, 0.1) is 0 Å². The third-order valence-electron chi connectivity index (χ3n) is 1.97. The standard InChI is InChI=1S/C9H10F3N3O2/c10-9(11,12)7(6(13)8(16)17)15-5-3-1-2-4-14-5/h1-4,6-7H,13H2,(H,14,15)(H,16,17)/t6-,7-/m1/s1. The van der Waals surface area contributed by atoms with Crippen LogP contribution in [0.15, 0.2) is 24.4 Å². The van der Waals surface area contributed by atoms with Gasteiger partial charge in [-0.15, -0.1) is 0 Å². The van der Waals surface area contributed by atoms with E-state index in [1.165, 1.54) is 24.4 Å². The highest BCUT2D eigenvalue weighted by molar-refractivity contribution is 5.75. The zero-order valence-electron chi connectivity index (χ0n) is 8.48. The first-order chi connectivity index (χ1) is 7.82. The van der Waals surface area contributed by atoms with Crippen molar-refractivity contribution in [1.29, 1.82) is 0 Å². The van der Waals surface area contributed by atoms with Gasteiger partial charge < -0.3 is 16.2 Å². The Morgan fingerprint density at radius 1 is 1.47 bits per heavy atom. The summed E-state index contributed by atoms with van der Waals surface area (Å²) in [5.74, 6) is -1.83. The Bertz CT molecular complexity index is 383. The predicted octanol–water partition coefficient (Wildman–Crippen LogP) is 0.836. The zero-order valence-corrected chi connectivity index (χ0v) is 8.48. The fourth-order valence-electron chi connectivity index (χ4n) is 1.13. The number of nitrogens with one attached hydrogen (secondary N) is 1. The van der Waals surface area contributed by atoms with Gasteiger partial charge in [0.15, 0.2) is 0 Å². The summed E-state index contributed by atoms with van der Waals surface area (Å²) in [5.41, 5.74) is 4.98. The normalized spacial score (nSPS) is 15.1. The van der Waals surface area contributed by atoms with Crippen molar-refractivity contribution in [1.82, 2.24) is 4.98 Å². The fourth-order valence-corrected chi connectivity index (χ4v) is 1.13. The van der Waals surface area contributed by atoms with E-state index in [-0.39, 0.29) is 5.82 Å². The molecule has 0 fully saturated rings. The van der Waals surface area contributed by atoms with E-state index in [9.17, 15) is 18.0 Å². The van der Waals surface area contributed by atoms with Crippen molar-refractivity contribution in [3.63, 3.8) is 0 Å². The molecule has 94 valence electrons. The highest BCUT2D eigenvalue weighted by Gasteiger charge is 2.46. The number of nitrogens with two attached hydrogens (primary N) is 1. The number of carbonyl (C=O) groups is 1. The molecule has 0 amide bonds. The van der Waals surface area contributed by atoms with Gasteiger partial charge in [0, 0.05) is 6.20 Å². The van der Waals surface area contributed by atoms with E-state index in [0.29, 0.717) is 0 Å². The molecule has 17 heavy (non-hydrogen) atoms. The lowest BCUT2D eigenvalue weighted by Gasteiger charge is -2.24. The minimum atomic E-state index is -4.78. The third-order valence-corrected chi connectivity index (χ3v) is 1.97. The second-order valence-corrected chi connectivity index (χ2v) is 3.24. The Hall–Kier alpha value is -1.83. The quantitative estimate of drug-likeness (QED) is 0.735. The first-order valence-electron chi connectivity index (χ1n) is 4.55. The third kappa shape index (κ3) is 3.59. The highest BCUT2D eigenvalue weighted by atomic mass is 19.4. The van der Waals surface area contributed by atoms with Crippen LogP contribution in [0.3, 0.4) is 0 Å². The average Bonchev–Trinajstić information content (AvgIpc) is 2.24. The summed E-state index contributed by atoms with van der Waals surface area (Å²) in [6.45, 7) is 0. The molecule has 0 unspecified atom stereocenters.